The number of rotatable bonds is 2. The molecule has 1 aromatic rings. The molecule has 1 aliphatic rings. The van der Waals surface area contributed by atoms with Crippen molar-refractivity contribution < 1.29 is 4.79 Å². The molecule has 2 heterocycles. The van der Waals surface area contributed by atoms with Crippen LogP contribution in [-0.2, 0) is 11.2 Å². The molecular weight excluding hydrogens is 214 g/mol. The van der Waals surface area contributed by atoms with E-state index in [1.165, 1.54) is 0 Å². The van der Waals surface area contributed by atoms with Crippen LogP contribution >= 0.6 is 0 Å². The van der Waals surface area contributed by atoms with Gasteiger partial charge in [-0.3, -0.25) is 9.78 Å². The van der Waals surface area contributed by atoms with Gasteiger partial charge in [-0.05, 0) is 25.5 Å². The van der Waals surface area contributed by atoms with Gasteiger partial charge < -0.3 is 10.2 Å². The molecule has 0 saturated carbocycles. The van der Waals surface area contributed by atoms with Crippen LogP contribution < -0.4 is 5.32 Å². The number of piperazine rings is 1. The first-order valence-electron chi connectivity index (χ1n) is 6.00. The summed E-state index contributed by atoms with van der Waals surface area (Å²) in [4.78, 5) is 18.3. The lowest BCUT2D eigenvalue weighted by Crippen LogP contribution is -2.60. The Hall–Kier alpha value is -1.42. The van der Waals surface area contributed by atoms with Crippen molar-refractivity contribution in [3.8, 4) is 0 Å². The highest BCUT2D eigenvalue weighted by atomic mass is 16.2. The van der Waals surface area contributed by atoms with Crippen LogP contribution in [-0.4, -0.2) is 41.0 Å². The van der Waals surface area contributed by atoms with E-state index in [0.29, 0.717) is 6.42 Å². The molecule has 0 radical (unpaired) electrons. The maximum absolute atomic E-state index is 12.3. The van der Waals surface area contributed by atoms with Crippen molar-refractivity contribution in [1.29, 1.82) is 0 Å². The summed E-state index contributed by atoms with van der Waals surface area (Å²) in [5, 5.41) is 3.32. The predicted octanol–water partition coefficient (Wildman–Crippen LogP) is 0.834. The number of aromatic nitrogens is 1. The Labute approximate surface area is 102 Å². The molecule has 1 aromatic heterocycles. The molecule has 1 saturated heterocycles. The molecule has 17 heavy (non-hydrogen) atoms. The highest BCUT2D eigenvalue weighted by Crippen LogP contribution is 2.17. The third-order valence-electron chi connectivity index (χ3n) is 3.18. The molecule has 1 fully saturated rings. The average Bonchev–Trinajstić information content (AvgIpc) is 2.29. The largest absolute Gasteiger partial charge is 0.335 e. The molecule has 92 valence electrons. The molecule has 0 atom stereocenters. The lowest BCUT2D eigenvalue weighted by Gasteiger charge is -2.43. The molecule has 1 amide bonds. The second-order valence-corrected chi connectivity index (χ2v) is 5.07. The standard InChI is InChI=1S/C13H19N3O/c1-13(2)10-15-6-7-16(13)12(17)8-11-4-3-5-14-9-11/h3-5,9,15H,6-8,10H2,1-2H3. The van der Waals surface area contributed by atoms with E-state index in [4.69, 9.17) is 0 Å². The zero-order valence-electron chi connectivity index (χ0n) is 10.4. The summed E-state index contributed by atoms with van der Waals surface area (Å²) in [6.45, 7) is 6.71. The first kappa shape index (κ1) is 12.0. The first-order chi connectivity index (χ1) is 8.09. The number of carbonyl (C=O) groups excluding carboxylic acids is 1. The predicted molar refractivity (Wildman–Crippen MR) is 66.6 cm³/mol. The fraction of sp³-hybridized carbons (Fsp3) is 0.538. The lowest BCUT2D eigenvalue weighted by atomic mass is 9.99. The fourth-order valence-corrected chi connectivity index (χ4v) is 2.22. The normalized spacial score (nSPS) is 19.1. The zero-order valence-corrected chi connectivity index (χ0v) is 10.4. The van der Waals surface area contributed by atoms with Gasteiger partial charge in [-0.25, -0.2) is 0 Å². The highest BCUT2D eigenvalue weighted by molar-refractivity contribution is 5.79. The summed E-state index contributed by atoms with van der Waals surface area (Å²) in [6, 6.07) is 3.81. The molecule has 4 heteroatoms. The van der Waals surface area contributed by atoms with Crippen LogP contribution in [0.3, 0.4) is 0 Å². The van der Waals surface area contributed by atoms with Crippen LogP contribution in [0.1, 0.15) is 19.4 Å². The Morgan fingerprint density at radius 2 is 2.41 bits per heavy atom. The Morgan fingerprint density at radius 3 is 3.06 bits per heavy atom. The van der Waals surface area contributed by atoms with Gasteiger partial charge in [0.1, 0.15) is 0 Å². The van der Waals surface area contributed by atoms with Crippen molar-refractivity contribution in [1.82, 2.24) is 15.2 Å². The van der Waals surface area contributed by atoms with Gasteiger partial charge in [-0.2, -0.15) is 0 Å². The molecule has 4 nitrogen and oxygen atoms in total. The summed E-state index contributed by atoms with van der Waals surface area (Å²) < 4.78 is 0. The summed E-state index contributed by atoms with van der Waals surface area (Å²) in [6.07, 6.45) is 3.92. The Morgan fingerprint density at radius 1 is 1.59 bits per heavy atom. The number of pyridine rings is 1. The van der Waals surface area contributed by atoms with Gasteiger partial charge >= 0.3 is 0 Å². The molecular formula is C13H19N3O. The molecule has 0 unspecified atom stereocenters. The van der Waals surface area contributed by atoms with Crippen LogP contribution in [0.2, 0.25) is 0 Å². The molecule has 0 spiro atoms. The van der Waals surface area contributed by atoms with E-state index < -0.39 is 0 Å². The number of carbonyl (C=O) groups is 1. The average molecular weight is 233 g/mol. The molecule has 2 rings (SSSR count). The maximum Gasteiger partial charge on any atom is 0.227 e. The minimum atomic E-state index is -0.0997. The lowest BCUT2D eigenvalue weighted by molar-refractivity contribution is -0.136. The second kappa shape index (κ2) is 4.84. The number of amides is 1. The fourth-order valence-electron chi connectivity index (χ4n) is 2.22. The number of hydrogen-bond acceptors (Lipinski definition) is 3. The van der Waals surface area contributed by atoms with Gasteiger partial charge in [-0.15, -0.1) is 0 Å². The van der Waals surface area contributed by atoms with E-state index in [9.17, 15) is 4.79 Å². The minimum Gasteiger partial charge on any atom is -0.335 e. The van der Waals surface area contributed by atoms with E-state index in [2.05, 4.69) is 24.1 Å². The van der Waals surface area contributed by atoms with Gasteiger partial charge in [0.2, 0.25) is 5.91 Å². The van der Waals surface area contributed by atoms with Crippen molar-refractivity contribution in [3.63, 3.8) is 0 Å². The van der Waals surface area contributed by atoms with Gasteiger partial charge in [0.05, 0.1) is 6.42 Å². The number of hydrogen-bond donors (Lipinski definition) is 1. The van der Waals surface area contributed by atoms with Crippen molar-refractivity contribution in [3.05, 3.63) is 30.1 Å². The van der Waals surface area contributed by atoms with Gasteiger partial charge in [-0.1, -0.05) is 6.07 Å². The van der Waals surface area contributed by atoms with Gasteiger partial charge in [0.15, 0.2) is 0 Å². The molecule has 1 N–H and O–H groups in total. The smallest absolute Gasteiger partial charge is 0.227 e. The van der Waals surface area contributed by atoms with Crippen molar-refractivity contribution in [2.45, 2.75) is 25.8 Å². The van der Waals surface area contributed by atoms with Crippen molar-refractivity contribution in [2.24, 2.45) is 0 Å². The van der Waals surface area contributed by atoms with E-state index in [1.807, 2.05) is 17.0 Å². The molecule has 0 aliphatic carbocycles. The maximum atomic E-state index is 12.3. The van der Waals surface area contributed by atoms with E-state index in [0.717, 1.165) is 25.2 Å². The first-order valence-corrected chi connectivity index (χ1v) is 6.00. The number of nitrogens with one attached hydrogen (secondary N) is 1. The summed E-state index contributed by atoms with van der Waals surface area (Å²) in [5.74, 6) is 0.185. The summed E-state index contributed by atoms with van der Waals surface area (Å²) in [7, 11) is 0. The van der Waals surface area contributed by atoms with Crippen LogP contribution in [0, 0.1) is 0 Å². The van der Waals surface area contributed by atoms with Crippen LogP contribution in [0.15, 0.2) is 24.5 Å². The SMILES string of the molecule is CC1(C)CNCCN1C(=O)Cc1cccnc1. The van der Waals surface area contributed by atoms with E-state index in [1.54, 1.807) is 12.4 Å². The highest BCUT2D eigenvalue weighted by Gasteiger charge is 2.32. The van der Waals surface area contributed by atoms with Crippen LogP contribution in [0.5, 0.6) is 0 Å². The third kappa shape index (κ3) is 2.82. The van der Waals surface area contributed by atoms with Crippen molar-refractivity contribution in [2.75, 3.05) is 19.6 Å². The van der Waals surface area contributed by atoms with E-state index in [-0.39, 0.29) is 11.4 Å². The minimum absolute atomic E-state index is 0.0997. The topological polar surface area (TPSA) is 45.2 Å². The second-order valence-electron chi connectivity index (χ2n) is 5.07. The van der Waals surface area contributed by atoms with Crippen LogP contribution in [0.25, 0.3) is 0 Å². The molecule has 0 aromatic carbocycles. The quantitative estimate of drug-likeness (QED) is 0.823. The van der Waals surface area contributed by atoms with Crippen molar-refractivity contribution >= 4 is 5.91 Å². The Bertz CT molecular complexity index is 389. The molecule has 1 aliphatic heterocycles. The summed E-state index contributed by atoms with van der Waals surface area (Å²) >= 11 is 0. The molecule has 0 bridgehead atoms. The van der Waals surface area contributed by atoms with Crippen LogP contribution in [0.4, 0.5) is 0 Å². The summed E-state index contributed by atoms with van der Waals surface area (Å²) in [5.41, 5.74) is 0.879. The van der Waals surface area contributed by atoms with Gasteiger partial charge in [0.25, 0.3) is 0 Å². The third-order valence-corrected chi connectivity index (χ3v) is 3.18. The number of nitrogens with zero attached hydrogens (tertiary/aromatic N) is 2. The van der Waals surface area contributed by atoms with Gasteiger partial charge in [0, 0.05) is 37.6 Å². The zero-order chi connectivity index (χ0) is 12.3. The van der Waals surface area contributed by atoms with E-state index >= 15 is 0 Å². The Kier molecular flexibility index (Phi) is 3.43. The Balaban J connectivity index is 2.04. The monoisotopic (exact) mass is 233 g/mol.